The van der Waals surface area contributed by atoms with Crippen LogP contribution in [-0.2, 0) is 6.54 Å². The van der Waals surface area contributed by atoms with E-state index in [1.54, 1.807) is 0 Å². The summed E-state index contributed by atoms with van der Waals surface area (Å²) >= 11 is 0. The molecule has 0 amide bonds. The second kappa shape index (κ2) is 6.95. The van der Waals surface area contributed by atoms with Crippen molar-refractivity contribution in [3.8, 4) is 0 Å². The van der Waals surface area contributed by atoms with Crippen molar-refractivity contribution in [1.82, 2.24) is 15.2 Å². The molecule has 0 radical (unpaired) electrons. The van der Waals surface area contributed by atoms with Gasteiger partial charge in [-0.05, 0) is 17.7 Å². The lowest BCUT2D eigenvalue weighted by Gasteiger charge is -2.09. The van der Waals surface area contributed by atoms with Gasteiger partial charge in [-0.3, -0.25) is 0 Å². The zero-order valence-electron chi connectivity index (χ0n) is 12.3. The van der Waals surface area contributed by atoms with Crippen LogP contribution in [0.4, 0.5) is 30.6 Å². The van der Waals surface area contributed by atoms with Crippen molar-refractivity contribution in [1.29, 1.82) is 0 Å². The summed E-state index contributed by atoms with van der Waals surface area (Å²) in [6.45, 7) is 0.478. The molecule has 0 saturated carbocycles. The molecule has 5 nitrogen and oxygen atoms in total. The normalized spacial score (nSPS) is 10.5. The third-order valence-electron chi connectivity index (χ3n) is 3.15. The number of anilines is 3. The summed E-state index contributed by atoms with van der Waals surface area (Å²) in [7, 11) is 0. The Morgan fingerprint density at radius 1 is 0.917 bits per heavy atom. The largest absolute Gasteiger partial charge is 0.349 e. The molecule has 122 valence electrons. The Hall–Kier alpha value is -3.16. The monoisotopic (exact) mass is 331 g/mol. The molecule has 1 heterocycles. The van der Waals surface area contributed by atoms with Crippen LogP contribution >= 0.6 is 0 Å². The highest BCUT2D eigenvalue weighted by Crippen LogP contribution is 2.22. The number of halogens is 3. The molecule has 0 aliphatic rings. The van der Waals surface area contributed by atoms with Gasteiger partial charge in [-0.25, -0.2) is 13.2 Å². The SMILES string of the molecule is Fc1ccc(Nc2cnnc(NCc3ccccc3)n2)c(F)c1F. The van der Waals surface area contributed by atoms with E-state index in [2.05, 4.69) is 25.8 Å². The second-order valence-corrected chi connectivity index (χ2v) is 4.85. The summed E-state index contributed by atoms with van der Waals surface area (Å²) < 4.78 is 39.8. The molecule has 0 spiro atoms. The quantitative estimate of drug-likeness (QED) is 0.699. The van der Waals surface area contributed by atoms with Gasteiger partial charge >= 0.3 is 0 Å². The Kier molecular flexibility index (Phi) is 4.55. The maximum atomic E-state index is 13.7. The van der Waals surface area contributed by atoms with Crippen molar-refractivity contribution in [2.24, 2.45) is 0 Å². The van der Waals surface area contributed by atoms with Crippen LogP contribution in [0, 0.1) is 17.5 Å². The van der Waals surface area contributed by atoms with E-state index in [1.807, 2.05) is 30.3 Å². The Morgan fingerprint density at radius 3 is 2.50 bits per heavy atom. The van der Waals surface area contributed by atoms with E-state index in [0.717, 1.165) is 17.7 Å². The van der Waals surface area contributed by atoms with Gasteiger partial charge in [-0.2, -0.15) is 10.1 Å². The van der Waals surface area contributed by atoms with Crippen molar-refractivity contribution >= 4 is 17.5 Å². The minimum absolute atomic E-state index is 0.144. The van der Waals surface area contributed by atoms with Gasteiger partial charge in [0.25, 0.3) is 0 Å². The lowest BCUT2D eigenvalue weighted by atomic mass is 10.2. The van der Waals surface area contributed by atoms with E-state index in [-0.39, 0.29) is 17.5 Å². The molecule has 0 fully saturated rings. The van der Waals surface area contributed by atoms with Crippen molar-refractivity contribution in [3.63, 3.8) is 0 Å². The Balaban J connectivity index is 1.73. The molecule has 3 rings (SSSR count). The molecular formula is C16H12F3N5. The molecule has 8 heteroatoms. The van der Waals surface area contributed by atoms with Crippen molar-refractivity contribution in [2.75, 3.05) is 10.6 Å². The summed E-state index contributed by atoms with van der Waals surface area (Å²) in [5.74, 6) is -3.78. The number of nitrogens with one attached hydrogen (secondary N) is 2. The fraction of sp³-hybridized carbons (Fsp3) is 0.0625. The van der Waals surface area contributed by atoms with Gasteiger partial charge in [0, 0.05) is 6.54 Å². The van der Waals surface area contributed by atoms with E-state index in [0.29, 0.717) is 6.54 Å². The fourth-order valence-electron chi connectivity index (χ4n) is 1.98. The molecule has 1 aromatic heterocycles. The summed E-state index contributed by atoms with van der Waals surface area (Å²) in [6.07, 6.45) is 1.24. The average Bonchev–Trinajstić information content (AvgIpc) is 2.62. The van der Waals surface area contributed by atoms with Crippen LogP contribution in [-0.4, -0.2) is 15.2 Å². The van der Waals surface area contributed by atoms with Gasteiger partial charge in [0.1, 0.15) is 0 Å². The predicted molar refractivity (Wildman–Crippen MR) is 83.2 cm³/mol. The maximum absolute atomic E-state index is 13.7. The first kappa shape index (κ1) is 15.7. The third kappa shape index (κ3) is 3.60. The van der Waals surface area contributed by atoms with Crippen LogP contribution in [0.2, 0.25) is 0 Å². The molecule has 0 aliphatic carbocycles. The van der Waals surface area contributed by atoms with E-state index >= 15 is 0 Å². The fourth-order valence-corrected chi connectivity index (χ4v) is 1.98. The van der Waals surface area contributed by atoms with Crippen LogP contribution in [0.5, 0.6) is 0 Å². The Labute approximate surface area is 135 Å². The van der Waals surface area contributed by atoms with Gasteiger partial charge in [0.05, 0.1) is 11.9 Å². The molecule has 3 aromatic rings. The van der Waals surface area contributed by atoms with Crippen molar-refractivity contribution in [3.05, 3.63) is 71.7 Å². The highest BCUT2D eigenvalue weighted by atomic mass is 19.2. The molecule has 0 unspecified atom stereocenters. The Morgan fingerprint density at radius 2 is 1.71 bits per heavy atom. The maximum Gasteiger partial charge on any atom is 0.244 e. The minimum atomic E-state index is -1.55. The van der Waals surface area contributed by atoms with Crippen LogP contribution in [0.25, 0.3) is 0 Å². The number of hydrogen-bond acceptors (Lipinski definition) is 5. The van der Waals surface area contributed by atoms with Gasteiger partial charge in [0.2, 0.25) is 5.95 Å². The molecule has 0 saturated heterocycles. The van der Waals surface area contributed by atoms with Gasteiger partial charge in [-0.1, -0.05) is 30.3 Å². The van der Waals surface area contributed by atoms with Gasteiger partial charge in [0.15, 0.2) is 23.3 Å². The van der Waals surface area contributed by atoms with E-state index in [9.17, 15) is 13.2 Å². The second-order valence-electron chi connectivity index (χ2n) is 4.85. The number of rotatable bonds is 5. The van der Waals surface area contributed by atoms with Crippen LogP contribution in [0.1, 0.15) is 5.56 Å². The van der Waals surface area contributed by atoms with E-state index in [4.69, 9.17) is 0 Å². The predicted octanol–water partition coefficient (Wildman–Crippen LogP) is 3.64. The van der Waals surface area contributed by atoms with Crippen molar-refractivity contribution < 1.29 is 13.2 Å². The smallest absolute Gasteiger partial charge is 0.244 e. The summed E-state index contributed by atoms with van der Waals surface area (Å²) in [5.41, 5.74) is 0.773. The summed E-state index contributed by atoms with van der Waals surface area (Å²) in [5, 5.41) is 13.1. The number of benzene rings is 2. The summed E-state index contributed by atoms with van der Waals surface area (Å²) in [4.78, 5) is 4.10. The lowest BCUT2D eigenvalue weighted by Crippen LogP contribution is -2.07. The molecule has 0 bridgehead atoms. The molecular weight excluding hydrogens is 319 g/mol. The molecule has 0 aliphatic heterocycles. The van der Waals surface area contributed by atoms with Crippen molar-refractivity contribution in [2.45, 2.75) is 6.54 Å². The number of nitrogens with zero attached hydrogens (tertiary/aromatic N) is 3. The zero-order valence-corrected chi connectivity index (χ0v) is 12.3. The van der Waals surface area contributed by atoms with Crippen LogP contribution in [0.15, 0.2) is 48.7 Å². The lowest BCUT2D eigenvalue weighted by molar-refractivity contribution is 0.449. The highest BCUT2D eigenvalue weighted by molar-refractivity contribution is 5.57. The molecule has 24 heavy (non-hydrogen) atoms. The number of hydrogen-bond donors (Lipinski definition) is 2. The van der Waals surface area contributed by atoms with E-state index < -0.39 is 17.5 Å². The summed E-state index contributed by atoms with van der Waals surface area (Å²) in [6, 6.07) is 11.5. The molecule has 2 aromatic carbocycles. The topological polar surface area (TPSA) is 62.7 Å². The van der Waals surface area contributed by atoms with Gasteiger partial charge in [-0.15, -0.1) is 5.10 Å². The third-order valence-corrected chi connectivity index (χ3v) is 3.15. The first-order chi connectivity index (χ1) is 11.6. The standard InChI is InChI=1S/C16H12F3N5/c17-11-6-7-12(15(19)14(11)18)22-13-9-21-24-16(23-13)20-8-10-4-2-1-3-5-10/h1-7,9H,8H2,(H2,20,22,23,24). The molecule has 0 atom stereocenters. The van der Waals surface area contributed by atoms with E-state index in [1.165, 1.54) is 6.20 Å². The van der Waals surface area contributed by atoms with Crippen LogP contribution < -0.4 is 10.6 Å². The average molecular weight is 331 g/mol. The minimum Gasteiger partial charge on any atom is -0.349 e. The highest BCUT2D eigenvalue weighted by Gasteiger charge is 2.14. The van der Waals surface area contributed by atoms with Gasteiger partial charge < -0.3 is 10.6 Å². The zero-order chi connectivity index (χ0) is 16.9. The molecule has 2 N–H and O–H groups in total. The first-order valence-corrected chi connectivity index (χ1v) is 7.01. The van der Waals surface area contributed by atoms with Crippen LogP contribution in [0.3, 0.4) is 0 Å². The first-order valence-electron chi connectivity index (χ1n) is 7.01. The Bertz CT molecular complexity index is 842. The number of aromatic nitrogens is 3.